The van der Waals surface area contributed by atoms with E-state index in [0.29, 0.717) is 42.0 Å². The van der Waals surface area contributed by atoms with Gasteiger partial charge in [0.15, 0.2) is 5.82 Å². The first kappa shape index (κ1) is 17.6. The molecule has 0 amide bonds. The summed E-state index contributed by atoms with van der Waals surface area (Å²) in [5, 5.41) is 10.8. The first-order valence-corrected chi connectivity index (χ1v) is 8.51. The van der Waals surface area contributed by atoms with Crippen molar-refractivity contribution in [2.24, 2.45) is 0 Å². The quantitative estimate of drug-likeness (QED) is 0.697. The van der Waals surface area contributed by atoms with Gasteiger partial charge in [0.2, 0.25) is 0 Å². The average molecular weight is 395 g/mol. The van der Waals surface area contributed by atoms with Crippen molar-refractivity contribution >= 4 is 29.1 Å². The molecule has 3 aromatic rings. The van der Waals surface area contributed by atoms with Crippen molar-refractivity contribution in [3.8, 4) is 0 Å². The summed E-state index contributed by atoms with van der Waals surface area (Å²) in [4.78, 5) is 10.2. The Bertz CT molecular complexity index is 954. The van der Waals surface area contributed by atoms with Crippen molar-refractivity contribution in [1.82, 2.24) is 20.2 Å². The van der Waals surface area contributed by atoms with Crippen LogP contribution in [-0.2, 0) is 19.1 Å². The van der Waals surface area contributed by atoms with Gasteiger partial charge in [0.25, 0.3) is 0 Å². The SMILES string of the molecule is FC(F)(F)c1ccc(Nc2n[nH]c3c2CCN(c2ncccc2Cl)C3)nc1. The van der Waals surface area contributed by atoms with Gasteiger partial charge in [-0.1, -0.05) is 11.6 Å². The van der Waals surface area contributed by atoms with Crippen LogP contribution in [0.5, 0.6) is 0 Å². The number of hydrogen-bond acceptors (Lipinski definition) is 5. The molecule has 0 saturated carbocycles. The normalized spacial score (nSPS) is 14.1. The van der Waals surface area contributed by atoms with Gasteiger partial charge in [-0.25, -0.2) is 9.97 Å². The minimum absolute atomic E-state index is 0.299. The highest BCUT2D eigenvalue weighted by Crippen LogP contribution is 2.32. The lowest BCUT2D eigenvalue weighted by Crippen LogP contribution is -2.31. The molecule has 0 radical (unpaired) electrons. The Balaban J connectivity index is 1.51. The van der Waals surface area contributed by atoms with Gasteiger partial charge in [-0.05, 0) is 30.7 Å². The summed E-state index contributed by atoms with van der Waals surface area (Å²) in [5.41, 5.74) is 1.08. The fraction of sp³-hybridized carbons (Fsp3) is 0.235. The number of anilines is 3. The van der Waals surface area contributed by atoms with Crippen LogP contribution in [0.15, 0.2) is 36.7 Å². The number of rotatable bonds is 3. The van der Waals surface area contributed by atoms with E-state index in [1.54, 1.807) is 18.3 Å². The molecule has 140 valence electrons. The third-order valence-corrected chi connectivity index (χ3v) is 4.60. The van der Waals surface area contributed by atoms with Crippen LogP contribution in [0.2, 0.25) is 5.02 Å². The molecule has 10 heteroatoms. The Labute approximate surface area is 157 Å². The largest absolute Gasteiger partial charge is 0.417 e. The lowest BCUT2D eigenvalue weighted by atomic mass is 10.1. The van der Waals surface area contributed by atoms with Crippen LogP contribution in [0.1, 0.15) is 16.8 Å². The summed E-state index contributed by atoms with van der Waals surface area (Å²) in [5.74, 6) is 1.56. The number of nitrogens with zero attached hydrogens (tertiary/aromatic N) is 4. The van der Waals surface area contributed by atoms with E-state index in [0.717, 1.165) is 23.5 Å². The maximum Gasteiger partial charge on any atom is 0.417 e. The van der Waals surface area contributed by atoms with Crippen LogP contribution >= 0.6 is 11.6 Å². The number of aromatic amines is 1. The van der Waals surface area contributed by atoms with Gasteiger partial charge in [0, 0.05) is 24.5 Å². The Kier molecular flexibility index (Phi) is 4.39. The van der Waals surface area contributed by atoms with Crippen molar-refractivity contribution in [2.45, 2.75) is 19.1 Å². The molecule has 0 spiro atoms. The summed E-state index contributed by atoms with van der Waals surface area (Å²) in [7, 11) is 0. The summed E-state index contributed by atoms with van der Waals surface area (Å²) < 4.78 is 37.9. The highest BCUT2D eigenvalue weighted by molar-refractivity contribution is 6.32. The first-order chi connectivity index (χ1) is 12.9. The van der Waals surface area contributed by atoms with E-state index in [-0.39, 0.29) is 0 Å². The Morgan fingerprint density at radius 2 is 2.04 bits per heavy atom. The number of alkyl halides is 3. The number of hydrogen-bond donors (Lipinski definition) is 2. The molecular formula is C17H14ClF3N6. The van der Waals surface area contributed by atoms with E-state index in [2.05, 4.69) is 25.5 Å². The molecular weight excluding hydrogens is 381 g/mol. The first-order valence-electron chi connectivity index (χ1n) is 8.13. The molecule has 4 rings (SSSR count). The number of nitrogens with one attached hydrogen (secondary N) is 2. The maximum atomic E-state index is 12.6. The van der Waals surface area contributed by atoms with E-state index in [4.69, 9.17) is 11.6 Å². The lowest BCUT2D eigenvalue weighted by Gasteiger charge is -2.28. The minimum Gasteiger partial charge on any atom is -0.349 e. The second-order valence-corrected chi connectivity index (χ2v) is 6.47. The van der Waals surface area contributed by atoms with Gasteiger partial charge in [0.05, 0.1) is 22.8 Å². The topological polar surface area (TPSA) is 69.7 Å². The van der Waals surface area contributed by atoms with Crippen LogP contribution in [0.3, 0.4) is 0 Å². The molecule has 6 nitrogen and oxygen atoms in total. The van der Waals surface area contributed by atoms with Crippen LogP contribution in [-0.4, -0.2) is 26.7 Å². The third kappa shape index (κ3) is 3.55. The van der Waals surface area contributed by atoms with Crippen LogP contribution in [0.25, 0.3) is 0 Å². The highest BCUT2D eigenvalue weighted by Gasteiger charge is 2.31. The van der Waals surface area contributed by atoms with Crippen molar-refractivity contribution < 1.29 is 13.2 Å². The average Bonchev–Trinajstić information content (AvgIpc) is 3.04. The van der Waals surface area contributed by atoms with Gasteiger partial charge >= 0.3 is 6.18 Å². The highest BCUT2D eigenvalue weighted by atomic mass is 35.5. The second kappa shape index (κ2) is 6.73. The molecule has 0 atom stereocenters. The molecule has 0 aromatic carbocycles. The molecule has 0 bridgehead atoms. The van der Waals surface area contributed by atoms with Gasteiger partial charge < -0.3 is 10.2 Å². The van der Waals surface area contributed by atoms with Crippen molar-refractivity contribution in [3.63, 3.8) is 0 Å². The molecule has 0 aliphatic carbocycles. The number of aromatic nitrogens is 4. The Morgan fingerprint density at radius 3 is 2.74 bits per heavy atom. The number of halogens is 4. The van der Waals surface area contributed by atoms with Crippen molar-refractivity contribution in [3.05, 3.63) is 58.5 Å². The van der Waals surface area contributed by atoms with E-state index < -0.39 is 11.7 Å². The predicted molar refractivity (Wildman–Crippen MR) is 95.1 cm³/mol. The standard InChI is InChI=1S/C17H14ClF3N6/c18-12-2-1-6-22-16(12)27-7-5-11-13(9-27)25-26-15(11)24-14-4-3-10(8-23-14)17(19,20)21/h1-4,6,8H,5,7,9H2,(H2,23,24,25,26). The maximum absolute atomic E-state index is 12.6. The summed E-state index contributed by atoms with van der Waals surface area (Å²) in [6, 6.07) is 5.83. The van der Waals surface area contributed by atoms with E-state index >= 15 is 0 Å². The molecule has 0 fully saturated rings. The molecule has 0 saturated heterocycles. The summed E-state index contributed by atoms with van der Waals surface area (Å²) >= 11 is 6.21. The monoisotopic (exact) mass is 394 g/mol. The smallest absolute Gasteiger partial charge is 0.349 e. The fourth-order valence-electron chi connectivity index (χ4n) is 2.97. The van der Waals surface area contributed by atoms with Crippen LogP contribution < -0.4 is 10.2 Å². The molecule has 27 heavy (non-hydrogen) atoms. The zero-order chi connectivity index (χ0) is 19.0. The summed E-state index contributed by atoms with van der Waals surface area (Å²) in [6.45, 7) is 1.25. The minimum atomic E-state index is -4.41. The molecule has 1 aliphatic heterocycles. The zero-order valence-electron chi connectivity index (χ0n) is 13.9. The Morgan fingerprint density at radius 1 is 1.19 bits per heavy atom. The lowest BCUT2D eigenvalue weighted by molar-refractivity contribution is -0.137. The fourth-order valence-corrected chi connectivity index (χ4v) is 3.21. The number of fused-ring (bicyclic) bond motifs is 1. The second-order valence-electron chi connectivity index (χ2n) is 6.06. The van der Waals surface area contributed by atoms with Gasteiger partial charge in [0.1, 0.15) is 11.6 Å². The molecule has 4 heterocycles. The van der Waals surface area contributed by atoms with E-state index in [1.807, 2.05) is 4.90 Å². The zero-order valence-corrected chi connectivity index (χ0v) is 14.6. The van der Waals surface area contributed by atoms with Gasteiger partial charge in [-0.15, -0.1) is 0 Å². The van der Waals surface area contributed by atoms with Gasteiger partial charge in [-0.3, -0.25) is 5.10 Å². The van der Waals surface area contributed by atoms with E-state index in [1.165, 1.54) is 6.07 Å². The van der Waals surface area contributed by atoms with E-state index in [9.17, 15) is 13.2 Å². The van der Waals surface area contributed by atoms with Gasteiger partial charge in [-0.2, -0.15) is 18.3 Å². The Hall–Kier alpha value is -2.81. The summed E-state index contributed by atoms with van der Waals surface area (Å²) in [6.07, 6.45) is -1.24. The van der Waals surface area contributed by atoms with Crippen molar-refractivity contribution in [2.75, 3.05) is 16.8 Å². The molecule has 0 unspecified atom stereocenters. The molecule has 2 N–H and O–H groups in total. The number of pyridine rings is 2. The van der Waals surface area contributed by atoms with Crippen LogP contribution in [0, 0.1) is 0 Å². The van der Waals surface area contributed by atoms with Crippen LogP contribution in [0.4, 0.5) is 30.6 Å². The third-order valence-electron chi connectivity index (χ3n) is 4.31. The number of H-pyrrole nitrogens is 1. The molecule has 3 aromatic heterocycles. The van der Waals surface area contributed by atoms with Crippen molar-refractivity contribution in [1.29, 1.82) is 0 Å². The molecule has 1 aliphatic rings. The predicted octanol–water partition coefficient (Wildman–Crippen LogP) is 4.18.